The number of aromatic nitrogens is 1. The van der Waals surface area contributed by atoms with Gasteiger partial charge >= 0.3 is 0 Å². The van der Waals surface area contributed by atoms with Gasteiger partial charge in [-0.05, 0) is 19.1 Å². The fraction of sp³-hybridized carbons (Fsp3) is 0.348. The second-order valence-electron chi connectivity index (χ2n) is 7.65. The summed E-state index contributed by atoms with van der Waals surface area (Å²) in [4.78, 5) is 30.3. The molecule has 3 heterocycles. The number of nitriles is 1. The zero-order valence-corrected chi connectivity index (χ0v) is 17.3. The van der Waals surface area contributed by atoms with Gasteiger partial charge in [0.05, 0.1) is 23.6 Å². The minimum Gasteiger partial charge on any atom is -0.460 e. The molecular formula is C23H23FN4O3. The van der Waals surface area contributed by atoms with Gasteiger partial charge in [-0.3, -0.25) is 14.5 Å². The highest BCUT2D eigenvalue weighted by molar-refractivity contribution is 6.06. The maximum Gasteiger partial charge on any atom is 0.262 e. The summed E-state index contributed by atoms with van der Waals surface area (Å²) >= 11 is 0. The summed E-state index contributed by atoms with van der Waals surface area (Å²) in [6.07, 6.45) is 2.02. The van der Waals surface area contributed by atoms with E-state index in [0.29, 0.717) is 56.1 Å². The summed E-state index contributed by atoms with van der Waals surface area (Å²) in [5, 5.41) is 8.98. The summed E-state index contributed by atoms with van der Waals surface area (Å²) in [5.74, 6) is -0.229. The van der Waals surface area contributed by atoms with Crippen LogP contribution in [0.3, 0.4) is 0 Å². The van der Waals surface area contributed by atoms with Gasteiger partial charge in [0.1, 0.15) is 17.2 Å². The summed E-state index contributed by atoms with van der Waals surface area (Å²) in [6, 6.07) is 10.1. The number of furan rings is 1. The Labute approximate surface area is 178 Å². The molecule has 7 nitrogen and oxygen atoms in total. The molecule has 31 heavy (non-hydrogen) atoms. The number of carbonyl (C=O) groups is 1. The molecule has 0 bridgehead atoms. The number of piperazine rings is 1. The predicted molar refractivity (Wildman–Crippen MR) is 113 cm³/mol. The number of hydrogen-bond acceptors (Lipinski definition) is 5. The molecule has 0 unspecified atom stereocenters. The first-order chi connectivity index (χ1) is 15.0. The molecule has 0 spiro atoms. The van der Waals surface area contributed by atoms with E-state index in [9.17, 15) is 14.0 Å². The number of carbonyl (C=O) groups excluding carboxylic acids is 1. The highest BCUT2D eigenvalue weighted by Crippen LogP contribution is 2.25. The van der Waals surface area contributed by atoms with E-state index in [2.05, 4.69) is 11.0 Å². The van der Waals surface area contributed by atoms with Crippen LogP contribution in [0.1, 0.15) is 28.1 Å². The number of aryl methyl sites for hydroxylation is 1. The lowest BCUT2D eigenvalue weighted by Gasteiger charge is -2.34. The number of hydrogen-bond donors (Lipinski definition) is 0. The number of pyridine rings is 1. The highest BCUT2D eigenvalue weighted by Gasteiger charge is 2.28. The predicted octanol–water partition coefficient (Wildman–Crippen LogP) is 2.76. The van der Waals surface area contributed by atoms with Gasteiger partial charge in [-0.2, -0.15) is 5.26 Å². The third-order valence-corrected chi connectivity index (χ3v) is 5.70. The van der Waals surface area contributed by atoms with Crippen molar-refractivity contribution >= 4 is 16.9 Å². The van der Waals surface area contributed by atoms with Crippen LogP contribution in [0.4, 0.5) is 4.39 Å². The van der Waals surface area contributed by atoms with Gasteiger partial charge in [-0.1, -0.05) is 18.2 Å². The van der Waals surface area contributed by atoms with Crippen LogP contribution in [0.5, 0.6) is 0 Å². The van der Waals surface area contributed by atoms with Crippen LogP contribution in [0, 0.1) is 24.1 Å². The van der Waals surface area contributed by atoms with E-state index >= 15 is 0 Å². The molecule has 1 fully saturated rings. The Morgan fingerprint density at radius 3 is 2.65 bits per heavy atom. The lowest BCUT2D eigenvalue weighted by atomic mass is 10.1. The molecule has 0 radical (unpaired) electrons. The topological polar surface area (TPSA) is 82.5 Å². The van der Waals surface area contributed by atoms with Crippen LogP contribution < -0.4 is 5.56 Å². The molecule has 1 amide bonds. The molecule has 4 rings (SSSR count). The van der Waals surface area contributed by atoms with Crippen molar-refractivity contribution in [2.24, 2.45) is 0 Å². The van der Waals surface area contributed by atoms with Gasteiger partial charge < -0.3 is 13.9 Å². The molecular weight excluding hydrogens is 399 g/mol. The monoisotopic (exact) mass is 422 g/mol. The Hall–Kier alpha value is -3.44. The van der Waals surface area contributed by atoms with E-state index in [-0.39, 0.29) is 34.8 Å². The van der Waals surface area contributed by atoms with E-state index in [4.69, 9.17) is 9.68 Å². The van der Waals surface area contributed by atoms with Crippen molar-refractivity contribution in [2.45, 2.75) is 19.9 Å². The molecule has 3 aromatic rings. The van der Waals surface area contributed by atoms with Crippen molar-refractivity contribution in [3.8, 4) is 6.07 Å². The first-order valence-electron chi connectivity index (χ1n) is 10.2. The van der Waals surface area contributed by atoms with Crippen LogP contribution in [-0.4, -0.2) is 53.0 Å². The normalized spacial score (nSPS) is 14.7. The standard InChI is InChI=1S/C23H23FN4O3/c1-16-20(22(29)27-13-11-26(12-14-27)9-4-8-25)21-19(31-16)7-10-28(23(21)30)15-17-5-2-3-6-18(17)24/h2-3,5-7,10H,4,9,11-15H2,1H3. The number of rotatable bonds is 5. The van der Waals surface area contributed by atoms with Crippen molar-refractivity contribution < 1.29 is 13.6 Å². The van der Waals surface area contributed by atoms with Gasteiger partial charge in [0.25, 0.3) is 11.5 Å². The zero-order chi connectivity index (χ0) is 22.0. The summed E-state index contributed by atoms with van der Waals surface area (Å²) in [6.45, 7) is 4.83. The molecule has 1 aromatic carbocycles. The quantitative estimate of drug-likeness (QED) is 0.632. The van der Waals surface area contributed by atoms with E-state index in [0.717, 1.165) is 0 Å². The molecule has 1 saturated heterocycles. The van der Waals surface area contributed by atoms with Gasteiger partial charge in [-0.25, -0.2) is 4.39 Å². The Bertz CT molecular complexity index is 1220. The van der Waals surface area contributed by atoms with Crippen molar-refractivity contribution in [2.75, 3.05) is 32.7 Å². The SMILES string of the molecule is Cc1oc2ccn(Cc3ccccc3F)c(=O)c2c1C(=O)N1CCN(CCC#N)CC1. The molecule has 0 atom stereocenters. The first kappa shape index (κ1) is 20.8. The Morgan fingerprint density at radius 1 is 1.19 bits per heavy atom. The van der Waals surface area contributed by atoms with E-state index in [1.807, 2.05) is 0 Å². The number of halogens is 1. The molecule has 2 aromatic heterocycles. The van der Waals surface area contributed by atoms with Crippen LogP contribution in [0.2, 0.25) is 0 Å². The molecule has 0 N–H and O–H groups in total. The van der Waals surface area contributed by atoms with E-state index in [1.54, 1.807) is 42.3 Å². The van der Waals surface area contributed by atoms with Crippen molar-refractivity contribution in [1.29, 1.82) is 5.26 Å². The first-order valence-corrected chi connectivity index (χ1v) is 10.2. The summed E-state index contributed by atoms with van der Waals surface area (Å²) < 4.78 is 21.2. The summed E-state index contributed by atoms with van der Waals surface area (Å²) in [5.41, 5.74) is 0.635. The Morgan fingerprint density at radius 2 is 1.94 bits per heavy atom. The van der Waals surface area contributed by atoms with Crippen LogP contribution in [0.25, 0.3) is 11.0 Å². The number of amides is 1. The molecule has 8 heteroatoms. The molecule has 1 aliphatic rings. The number of fused-ring (bicyclic) bond motifs is 1. The van der Waals surface area contributed by atoms with Crippen LogP contribution >= 0.6 is 0 Å². The zero-order valence-electron chi connectivity index (χ0n) is 17.3. The number of nitrogens with zero attached hydrogens (tertiary/aromatic N) is 4. The van der Waals surface area contributed by atoms with Gasteiger partial charge in [0, 0.05) is 50.9 Å². The van der Waals surface area contributed by atoms with Crippen molar-refractivity contribution in [1.82, 2.24) is 14.4 Å². The number of benzene rings is 1. The maximum absolute atomic E-state index is 14.1. The smallest absolute Gasteiger partial charge is 0.262 e. The van der Waals surface area contributed by atoms with E-state index in [1.165, 1.54) is 10.6 Å². The Balaban J connectivity index is 1.63. The second-order valence-corrected chi connectivity index (χ2v) is 7.65. The van der Waals surface area contributed by atoms with Crippen LogP contribution in [0.15, 0.2) is 45.7 Å². The lowest BCUT2D eigenvalue weighted by Crippen LogP contribution is -2.49. The van der Waals surface area contributed by atoms with Gasteiger partial charge in [0.15, 0.2) is 0 Å². The average Bonchev–Trinajstić information content (AvgIpc) is 3.12. The lowest BCUT2D eigenvalue weighted by molar-refractivity contribution is 0.0639. The van der Waals surface area contributed by atoms with E-state index < -0.39 is 0 Å². The fourth-order valence-electron chi connectivity index (χ4n) is 4.00. The Kier molecular flexibility index (Phi) is 5.87. The molecule has 160 valence electrons. The highest BCUT2D eigenvalue weighted by atomic mass is 19.1. The fourth-order valence-corrected chi connectivity index (χ4v) is 4.00. The largest absolute Gasteiger partial charge is 0.460 e. The minimum atomic E-state index is -0.386. The van der Waals surface area contributed by atoms with Crippen molar-refractivity contribution in [3.63, 3.8) is 0 Å². The minimum absolute atomic E-state index is 0.0663. The second kappa shape index (κ2) is 8.74. The third kappa shape index (κ3) is 4.09. The third-order valence-electron chi connectivity index (χ3n) is 5.70. The molecule has 0 aliphatic carbocycles. The molecule has 0 saturated carbocycles. The average molecular weight is 422 g/mol. The van der Waals surface area contributed by atoms with Crippen molar-refractivity contribution in [3.05, 3.63) is 69.6 Å². The van der Waals surface area contributed by atoms with Gasteiger partial charge in [0.2, 0.25) is 0 Å². The maximum atomic E-state index is 14.1. The molecule has 1 aliphatic heterocycles. The summed E-state index contributed by atoms with van der Waals surface area (Å²) in [7, 11) is 0. The van der Waals surface area contributed by atoms with Crippen LogP contribution in [-0.2, 0) is 6.54 Å². The van der Waals surface area contributed by atoms with Gasteiger partial charge in [-0.15, -0.1) is 0 Å².